The Hall–Kier alpha value is -1.96. The minimum atomic E-state index is 0.375. The fourth-order valence-corrected chi connectivity index (χ4v) is 2.98. The van der Waals surface area contributed by atoms with Crippen LogP contribution in [0.1, 0.15) is 36.5 Å². The van der Waals surface area contributed by atoms with Gasteiger partial charge in [0.05, 0.1) is 7.11 Å². The van der Waals surface area contributed by atoms with Gasteiger partial charge in [-0.1, -0.05) is 32.0 Å². The average Bonchev–Trinajstić information content (AvgIpc) is 2.43. The van der Waals surface area contributed by atoms with Crippen molar-refractivity contribution in [1.82, 2.24) is 0 Å². The van der Waals surface area contributed by atoms with Crippen molar-refractivity contribution in [3.05, 3.63) is 53.1 Å². The van der Waals surface area contributed by atoms with Gasteiger partial charge >= 0.3 is 0 Å². The molecule has 0 spiro atoms. The number of hydrogen-bond acceptors (Lipinski definition) is 2. The SMILES string of the molecule is COc1ccc2c(c1)Oc1cc(C)ccc1C2C(C)C. The zero-order chi connectivity index (χ0) is 14.3. The predicted octanol–water partition coefficient (Wildman–Crippen LogP) is 4.90. The van der Waals surface area contributed by atoms with Crippen LogP contribution in [0.4, 0.5) is 0 Å². The van der Waals surface area contributed by atoms with Crippen molar-refractivity contribution in [2.24, 2.45) is 5.92 Å². The van der Waals surface area contributed by atoms with Crippen molar-refractivity contribution in [2.75, 3.05) is 7.11 Å². The highest BCUT2D eigenvalue weighted by Gasteiger charge is 2.29. The van der Waals surface area contributed by atoms with Gasteiger partial charge in [-0.05, 0) is 30.5 Å². The van der Waals surface area contributed by atoms with Gasteiger partial charge in [-0.25, -0.2) is 0 Å². The molecule has 0 radical (unpaired) electrons. The molecule has 0 aromatic heterocycles. The van der Waals surface area contributed by atoms with E-state index in [1.54, 1.807) is 7.11 Å². The van der Waals surface area contributed by atoms with Crippen molar-refractivity contribution in [2.45, 2.75) is 26.7 Å². The third-order valence-electron chi connectivity index (χ3n) is 3.95. The second-order valence-corrected chi connectivity index (χ2v) is 5.77. The molecule has 0 fully saturated rings. The minimum absolute atomic E-state index is 0.375. The van der Waals surface area contributed by atoms with Crippen LogP contribution in [-0.2, 0) is 0 Å². The maximum absolute atomic E-state index is 6.10. The molecule has 1 unspecified atom stereocenters. The molecule has 0 aliphatic carbocycles. The van der Waals surface area contributed by atoms with E-state index in [4.69, 9.17) is 9.47 Å². The van der Waals surface area contributed by atoms with Crippen LogP contribution in [-0.4, -0.2) is 7.11 Å². The summed E-state index contributed by atoms with van der Waals surface area (Å²) in [4.78, 5) is 0. The van der Waals surface area contributed by atoms with Crippen molar-refractivity contribution >= 4 is 0 Å². The molecule has 20 heavy (non-hydrogen) atoms. The Morgan fingerprint density at radius 1 is 1.00 bits per heavy atom. The normalized spacial score (nSPS) is 16.4. The molecule has 3 rings (SSSR count). The molecule has 1 aliphatic heterocycles. The van der Waals surface area contributed by atoms with Gasteiger partial charge in [-0.2, -0.15) is 0 Å². The number of ether oxygens (including phenoxy) is 2. The van der Waals surface area contributed by atoms with Crippen LogP contribution in [0.3, 0.4) is 0 Å². The molecule has 1 atom stereocenters. The maximum Gasteiger partial charge on any atom is 0.134 e. The van der Waals surface area contributed by atoms with Crippen LogP contribution in [0.15, 0.2) is 36.4 Å². The maximum atomic E-state index is 6.10. The summed E-state index contributed by atoms with van der Waals surface area (Å²) in [5.74, 6) is 3.63. The fourth-order valence-electron chi connectivity index (χ4n) is 2.98. The first-order valence-electron chi connectivity index (χ1n) is 7.06. The van der Waals surface area contributed by atoms with Crippen LogP contribution >= 0.6 is 0 Å². The largest absolute Gasteiger partial charge is 0.497 e. The number of aryl methyl sites for hydroxylation is 1. The van der Waals surface area contributed by atoms with Gasteiger partial charge in [0.15, 0.2) is 0 Å². The topological polar surface area (TPSA) is 18.5 Å². The summed E-state index contributed by atoms with van der Waals surface area (Å²) in [6, 6.07) is 12.6. The summed E-state index contributed by atoms with van der Waals surface area (Å²) >= 11 is 0. The Morgan fingerprint density at radius 3 is 2.30 bits per heavy atom. The highest BCUT2D eigenvalue weighted by molar-refractivity contribution is 5.56. The minimum Gasteiger partial charge on any atom is -0.497 e. The zero-order valence-electron chi connectivity index (χ0n) is 12.4. The highest BCUT2D eigenvalue weighted by Crippen LogP contribution is 2.48. The van der Waals surface area contributed by atoms with E-state index in [0.29, 0.717) is 11.8 Å². The lowest BCUT2D eigenvalue weighted by Gasteiger charge is -2.31. The predicted molar refractivity (Wildman–Crippen MR) is 80.9 cm³/mol. The lowest BCUT2D eigenvalue weighted by atomic mass is 9.80. The Balaban J connectivity index is 2.17. The van der Waals surface area contributed by atoms with Crippen molar-refractivity contribution < 1.29 is 9.47 Å². The first kappa shape index (κ1) is 13.0. The van der Waals surface area contributed by atoms with Gasteiger partial charge in [0.25, 0.3) is 0 Å². The summed E-state index contributed by atoms with van der Waals surface area (Å²) in [7, 11) is 1.68. The third kappa shape index (κ3) is 2.05. The molecule has 2 aromatic rings. The molecule has 2 nitrogen and oxygen atoms in total. The first-order chi connectivity index (χ1) is 9.60. The van der Waals surface area contributed by atoms with Gasteiger partial charge in [-0.3, -0.25) is 0 Å². The van der Waals surface area contributed by atoms with Crippen LogP contribution in [0.2, 0.25) is 0 Å². The fraction of sp³-hybridized carbons (Fsp3) is 0.333. The van der Waals surface area contributed by atoms with E-state index in [-0.39, 0.29) is 0 Å². The summed E-state index contributed by atoms with van der Waals surface area (Å²) in [5, 5.41) is 0. The van der Waals surface area contributed by atoms with Gasteiger partial charge in [0.1, 0.15) is 17.2 Å². The van der Waals surface area contributed by atoms with Gasteiger partial charge in [0, 0.05) is 23.1 Å². The average molecular weight is 268 g/mol. The number of methoxy groups -OCH3 is 1. The van der Waals surface area contributed by atoms with E-state index in [1.165, 1.54) is 16.7 Å². The van der Waals surface area contributed by atoms with Crippen molar-refractivity contribution in [3.63, 3.8) is 0 Å². The van der Waals surface area contributed by atoms with E-state index >= 15 is 0 Å². The summed E-state index contributed by atoms with van der Waals surface area (Å²) in [6.07, 6.45) is 0. The Bertz CT molecular complexity index is 644. The number of benzene rings is 2. The second kappa shape index (κ2) is 4.86. The van der Waals surface area contributed by atoms with Crippen LogP contribution < -0.4 is 9.47 Å². The summed E-state index contributed by atoms with van der Waals surface area (Å²) < 4.78 is 11.4. The first-order valence-corrected chi connectivity index (χ1v) is 7.06. The standard InChI is InChI=1S/C18H20O2/c1-11(2)18-14-7-5-12(3)9-16(14)20-17-10-13(19-4)6-8-15(17)18/h5-11,18H,1-4H3. The molecule has 104 valence electrons. The molecule has 2 aromatic carbocycles. The molecular weight excluding hydrogens is 248 g/mol. The van der Waals surface area contributed by atoms with Gasteiger partial charge in [-0.15, -0.1) is 0 Å². The quantitative estimate of drug-likeness (QED) is 0.771. The van der Waals surface area contributed by atoms with Crippen LogP contribution in [0.5, 0.6) is 17.2 Å². The second-order valence-electron chi connectivity index (χ2n) is 5.77. The number of rotatable bonds is 2. The van der Waals surface area contributed by atoms with Gasteiger partial charge < -0.3 is 9.47 Å². The highest BCUT2D eigenvalue weighted by atomic mass is 16.5. The number of hydrogen-bond donors (Lipinski definition) is 0. The number of fused-ring (bicyclic) bond motifs is 2. The van der Waals surface area contributed by atoms with Crippen molar-refractivity contribution in [1.29, 1.82) is 0 Å². The molecule has 0 saturated carbocycles. The Morgan fingerprint density at radius 2 is 1.65 bits per heavy atom. The molecule has 0 saturated heterocycles. The summed E-state index contributed by atoms with van der Waals surface area (Å²) in [6.45, 7) is 6.61. The Labute approximate surface area is 120 Å². The van der Waals surface area contributed by atoms with E-state index in [1.807, 2.05) is 12.1 Å². The molecule has 0 bridgehead atoms. The Kier molecular flexibility index (Phi) is 3.17. The zero-order valence-corrected chi connectivity index (χ0v) is 12.4. The summed E-state index contributed by atoms with van der Waals surface area (Å²) in [5.41, 5.74) is 3.75. The van der Waals surface area contributed by atoms with E-state index in [2.05, 4.69) is 45.0 Å². The molecule has 0 N–H and O–H groups in total. The molecule has 2 heteroatoms. The van der Waals surface area contributed by atoms with E-state index in [0.717, 1.165) is 17.2 Å². The lowest BCUT2D eigenvalue weighted by molar-refractivity contribution is 0.396. The third-order valence-corrected chi connectivity index (χ3v) is 3.95. The monoisotopic (exact) mass is 268 g/mol. The van der Waals surface area contributed by atoms with Gasteiger partial charge in [0.2, 0.25) is 0 Å². The van der Waals surface area contributed by atoms with E-state index < -0.39 is 0 Å². The molecular formula is C18H20O2. The van der Waals surface area contributed by atoms with Crippen molar-refractivity contribution in [3.8, 4) is 17.2 Å². The molecule has 1 aliphatic rings. The lowest BCUT2D eigenvalue weighted by Crippen LogP contribution is -2.15. The van der Waals surface area contributed by atoms with E-state index in [9.17, 15) is 0 Å². The van der Waals surface area contributed by atoms with Crippen LogP contribution in [0, 0.1) is 12.8 Å². The smallest absolute Gasteiger partial charge is 0.134 e. The molecule has 1 heterocycles. The van der Waals surface area contributed by atoms with Crippen LogP contribution in [0.25, 0.3) is 0 Å². The molecule has 0 amide bonds.